The van der Waals surface area contributed by atoms with Gasteiger partial charge in [-0.2, -0.15) is 0 Å². The highest BCUT2D eigenvalue weighted by Gasteiger charge is 2.21. The number of aromatic nitrogens is 1. The van der Waals surface area contributed by atoms with Crippen LogP contribution in [-0.4, -0.2) is 16.1 Å². The molecule has 3 nitrogen and oxygen atoms in total. The minimum atomic E-state index is -2.76. The third-order valence-electron chi connectivity index (χ3n) is 1.45. The minimum Gasteiger partial charge on any atom is -0.478 e. The summed E-state index contributed by atoms with van der Waals surface area (Å²) in [4.78, 5) is 14.0. The molecule has 0 saturated heterocycles. The van der Waals surface area contributed by atoms with E-state index in [4.69, 9.17) is 16.7 Å². The van der Waals surface area contributed by atoms with Gasteiger partial charge in [0.05, 0.1) is 5.56 Å². The summed E-state index contributed by atoms with van der Waals surface area (Å²) in [5.41, 5.74) is -0.808. The average molecular weight is 333 g/mol. The Morgan fingerprint density at radius 2 is 2.21 bits per heavy atom. The highest BCUT2D eigenvalue weighted by molar-refractivity contribution is 14.1. The van der Waals surface area contributed by atoms with Crippen molar-refractivity contribution < 1.29 is 18.7 Å². The van der Waals surface area contributed by atoms with E-state index < -0.39 is 18.0 Å². The monoisotopic (exact) mass is 333 g/mol. The van der Waals surface area contributed by atoms with Crippen molar-refractivity contribution in [1.29, 1.82) is 0 Å². The van der Waals surface area contributed by atoms with Gasteiger partial charge in [-0.25, -0.2) is 18.6 Å². The summed E-state index contributed by atoms with van der Waals surface area (Å²) in [7, 11) is 0. The lowest BCUT2D eigenvalue weighted by Crippen LogP contribution is -2.06. The SMILES string of the molecule is O=C(O)c1c(Cl)ncc(C(F)F)c1I. The van der Waals surface area contributed by atoms with Gasteiger partial charge in [-0.3, -0.25) is 0 Å². The van der Waals surface area contributed by atoms with E-state index in [1.165, 1.54) is 22.6 Å². The first kappa shape index (κ1) is 11.6. The number of hydrogen-bond acceptors (Lipinski definition) is 2. The van der Waals surface area contributed by atoms with E-state index >= 15 is 0 Å². The Morgan fingerprint density at radius 3 is 2.64 bits per heavy atom. The standard InChI is InChI=1S/C7H3ClF2INO2/c8-5-3(7(13)14)4(11)2(1-12-5)6(9)10/h1,6H,(H,13,14). The maximum atomic E-state index is 12.3. The number of alkyl halides is 2. The molecule has 0 atom stereocenters. The van der Waals surface area contributed by atoms with Crippen LogP contribution in [0.4, 0.5) is 8.78 Å². The number of halogens is 4. The summed E-state index contributed by atoms with van der Waals surface area (Å²) in [5, 5.41) is 8.39. The van der Waals surface area contributed by atoms with E-state index in [9.17, 15) is 13.6 Å². The minimum absolute atomic E-state index is 0.0786. The lowest BCUT2D eigenvalue weighted by atomic mass is 10.2. The van der Waals surface area contributed by atoms with Crippen LogP contribution >= 0.6 is 34.2 Å². The fourth-order valence-corrected chi connectivity index (χ4v) is 2.06. The Hall–Kier alpha value is -0.500. The maximum absolute atomic E-state index is 12.3. The summed E-state index contributed by atoms with van der Waals surface area (Å²) in [6.45, 7) is 0. The van der Waals surface area contributed by atoms with Gasteiger partial charge in [0.2, 0.25) is 0 Å². The number of carboxylic acids is 1. The van der Waals surface area contributed by atoms with Crippen LogP contribution in [0, 0.1) is 3.57 Å². The highest BCUT2D eigenvalue weighted by atomic mass is 127. The Labute approximate surface area is 96.2 Å². The largest absolute Gasteiger partial charge is 0.478 e. The molecule has 0 aromatic carbocycles. The molecule has 0 spiro atoms. The van der Waals surface area contributed by atoms with Crippen LogP contribution in [0.5, 0.6) is 0 Å². The van der Waals surface area contributed by atoms with Crippen LogP contribution in [0.2, 0.25) is 5.15 Å². The number of rotatable bonds is 2. The molecule has 0 radical (unpaired) electrons. The van der Waals surface area contributed by atoms with Gasteiger partial charge in [0.1, 0.15) is 10.7 Å². The molecule has 1 aromatic rings. The van der Waals surface area contributed by atoms with Gasteiger partial charge in [-0.15, -0.1) is 0 Å². The van der Waals surface area contributed by atoms with Crippen molar-refractivity contribution in [2.75, 3.05) is 0 Å². The summed E-state index contributed by atoms with van der Waals surface area (Å²) in [6, 6.07) is 0. The maximum Gasteiger partial charge on any atom is 0.339 e. The first-order valence-electron chi connectivity index (χ1n) is 3.30. The van der Waals surface area contributed by atoms with E-state index in [1.807, 2.05) is 0 Å². The highest BCUT2D eigenvalue weighted by Crippen LogP contribution is 2.29. The second kappa shape index (κ2) is 4.35. The molecule has 14 heavy (non-hydrogen) atoms. The molecule has 7 heteroatoms. The van der Waals surface area contributed by atoms with Crippen LogP contribution in [0.3, 0.4) is 0 Å². The van der Waals surface area contributed by atoms with Crippen LogP contribution in [0.1, 0.15) is 22.3 Å². The number of carbonyl (C=O) groups is 1. The van der Waals surface area contributed by atoms with Crippen molar-refractivity contribution >= 4 is 40.2 Å². The number of carboxylic acid groups (broad SMARTS) is 1. The van der Waals surface area contributed by atoms with Gasteiger partial charge in [-0.05, 0) is 22.6 Å². The van der Waals surface area contributed by atoms with Gasteiger partial charge < -0.3 is 5.11 Å². The average Bonchev–Trinajstić information content (AvgIpc) is 2.02. The lowest BCUT2D eigenvalue weighted by molar-refractivity contribution is 0.0694. The normalized spacial score (nSPS) is 10.6. The molecule has 0 aliphatic rings. The van der Waals surface area contributed by atoms with E-state index in [0.29, 0.717) is 0 Å². The lowest BCUT2D eigenvalue weighted by Gasteiger charge is -2.06. The van der Waals surface area contributed by atoms with Crippen molar-refractivity contribution in [3.05, 3.63) is 26.0 Å². The number of hydrogen-bond donors (Lipinski definition) is 1. The third-order valence-corrected chi connectivity index (χ3v) is 2.89. The molecule has 1 aromatic heterocycles. The molecular weight excluding hydrogens is 330 g/mol. The quantitative estimate of drug-likeness (QED) is 0.669. The third kappa shape index (κ3) is 2.11. The Kier molecular flexibility index (Phi) is 3.59. The van der Waals surface area contributed by atoms with Gasteiger partial charge in [0.15, 0.2) is 0 Å². The zero-order valence-electron chi connectivity index (χ0n) is 6.47. The van der Waals surface area contributed by atoms with E-state index in [2.05, 4.69) is 4.98 Å². The van der Waals surface area contributed by atoms with Crippen LogP contribution in [0.15, 0.2) is 6.20 Å². The zero-order valence-corrected chi connectivity index (χ0v) is 9.38. The molecule has 0 unspecified atom stereocenters. The summed E-state index contributed by atoms with van der Waals surface area (Å²) >= 11 is 6.97. The molecule has 0 aliphatic carbocycles. The molecular formula is C7H3ClF2INO2. The molecule has 0 bridgehead atoms. The first-order valence-corrected chi connectivity index (χ1v) is 4.76. The number of nitrogens with zero attached hydrogens (tertiary/aromatic N) is 1. The van der Waals surface area contributed by atoms with Crippen LogP contribution in [0.25, 0.3) is 0 Å². The molecule has 0 amide bonds. The van der Waals surface area contributed by atoms with Crippen molar-refractivity contribution in [3.63, 3.8) is 0 Å². The van der Waals surface area contributed by atoms with E-state index in [-0.39, 0.29) is 14.3 Å². The molecule has 76 valence electrons. The summed E-state index contributed by atoms with van der Waals surface area (Å²) in [6.07, 6.45) is -1.88. The fourth-order valence-electron chi connectivity index (χ4n) is 0.817. The smallest absolute Gasteiger partial charge is 0.339 e. The Bertz CT molecular complexity index is 386. The topological polar surface area (TPSA) is 50.2 Å². The van der Waals surface area contributed by atoms with Crippen molar-refractivity contribution in [1.82, 2.24) is 4.98 Å². The molecule has 0 aliphatic heterocycles. The second-order valence-electron chi connectivity index (χ2n) is 2.30. The fraction of sp³-hybridized carbons (Fsp3) is 0.143. The van der Waals surface area contributed by atoms with Gasteiger partial charge >= 0.3 is 5.97 Å². The van der Waals surface area contributed by atoms with Crippen molar-refractivity contribution in [2.45, 2.75) is 6.43 Å². The van der Waals surface area contributed by atoms with Gasteiger partial charge in [-0.1, -0.05) is 11.6 Å². The first-order chi connectivity index (χ1) is 6.45. The zero-order chi connectivity index (χ0) is 10.9. The predicted octanol–water partition coefficient (Wildman–Crippen LogP) is 2.98. The van der Waals surface area contributed by atoms with Gasteiger partial charge in [0.25, 0.3) is 6.43 Å². The van der Waals surface area contributed by atoms with Crippen LogP contribution < -0.4 is 0 Å². The van der Waals surface area contributed by atoms with Crippen LogP contribution in [-0.2, 0) is 0 Å². The molecule has 0 fully saturated rings. The van der Waals surface area contributed by atoms with Crippen molar-refractivity contribution in [2.24, 2.45) is 0 Å². The summed E-state index contributed by atoms with van der Waals surface area (Å²) < 4.78 is 24.6. The molecule has 1 N–H and O–H groups in total. The molecule has 1 rings (SSSR count). The Morgan fingerprint density at radius 1 is 1.64 bits per heavy atom. The second-order valence-corrected chi connectivity index (χ2v) is 3.74. The number of pyridine rings is 1. The molecule has 0 saturated carbocycles. The van der Waals surface area contributed by atoms with Crippen molar-refractivity contribution in [3.8, 4) is 0 Å². The van der Waals surface area contributed by atoms with E-state index in [0.717, 1.165) is 6.20 Å². The number of aromatic carboxylic acids is 1. The predicted molar refractivity (Wildman–Crippen MR) is 53.9 cm³/mol. The van der Waals surface area contributed by atoms with Gasteiger partial charge in [0, 0.05) is 9.77 Å². The molecule has 1 heterocycles. The Balaban J connectivity index is 3.41. The summed E-state index contributed by atoms with van der Waals surface area (Å²) in [5.74, 6) is -1.37. The van der Waals surface area contributed by atoms with E-state index in [1.54, 1.807) is 0 Å².